The molecule has 0 amide bonds. The van der Waals surface area contributed by atoms with Crippen LogP contribution in [0.2, 0.25) is 0 Å². The molecule has 86 valence electrons. The zero-order valence-electron chi connectivity index (χ0n) is 9.03. The van der Waals surface area contributed by atoms with Crippen molar-refractivity contribution in [3.8, 4) is 0 Å². The lowest BCUT2D eigenvalue weighted by Crippen LogP contribution is -2.20. The highest BCUT2D eigenvalue weighted by atomic mass is 32.1. The molecule has 0 aliphatic rings. The molecule has 16 heavy (non-hydrogen) atoms. The van der Waals surface area contributed by atoms with E-state index in [0.29, 0.717) is 6.61 Å². The molecule has 1 aromatic carbocycles. The second kappa shape index (κ2) is 6.07. The number of rotatable bonds is 4. The first kappa shape index (κ1) is 12.4. The summed E-state index contributed by atoms with van der Waals surface area (Å²) >= 11 is 4.75. The summed E-state index contributed by atoms with van der Waals surface area (Å²) in [7, 11) is 0. The Morgan fingerprint density at radius 3 is 2.81 bits per heavy atom. The molecule has 0 heterocycles. The lowest BCUT2D eigenvalue weighted by molar-refractivity contribution is -0.142. The minimum absolute atomic E-state index is 0.177. The van der Waals surface area contributed by atoms with Crippen molar-refractivity contribution in [1.82, 2.24) is 0 Å². The van der Waals surface area contributed by atoms with Crippen LogP contribution in [0.3, 0.4) is 0 Å². The van der Waals surface area contributed by atoms with E-state index in [1.165, 1.54) is 0 Å². The number of hydrogen-bond acceptors (Lipinski definition) is 3. The highest BCUT2D eigenvalue weighted by Crippen LogP contribution is 2.15. The van der Waals surface area contributed by atoms with Crippen LogP contribution in [-0.2, 0) is 16.0 Å². The van der Waals surface area contributed by atoms with Gasteiger partial charge in [-0.05, 0) is 30.8 Å². The van der Waals surface area contributed by atoms with E-state index in [1.54, 1.807) is 6.92 Å². The van der Waals surface area contributed by atoms with Crippen molar-refractivity contribution in [3.63, 3.8) is 0 Å². The van der Waals surface area contributed by atoms with Gasteiger partial charge in [0, 0.05) is 5.69 Å². The number of benzene rings is 1. The Morgan fingerprint density at radius 1 is 1.50 bits per heavy atom. The number of nitrogens with two attached hydrogens (primary N) is 1. The highest BCUT2D eigenvalue weighted by Gasteiger charge is 2.08. The maximum Gasteiger partial charge on any atom is 0.310 e. The van der Waals surface area contributed by atoms with E-state index >= 15 is 0 Å². The van der Waals surface area contributed by atoms with Gasteiger partial charge < -0.3 is 15.8 Å². The normalized spacial score (nSPS) is 9.56. The van der Waals surface area contributed by atoms with Crippen molar-refractivity contribution in [3.05, 3.63) is 29.8 Å². The smallest absolute Gasteiger partial charge is 0.310 e. The van der Waals surface area contributed by atoms with Crippen molar-refractivity contribution < 1.29 is 9.53 Å². The molecule has 0 aliphatic carbocycles. The summed E-state index contributed by atoms with van der Waals surface area (Å²) in [4.78, 5) is 11.3. The molecule has 4 nitrogen and oxygen atoms in total. The van der Waals surface area contributed by atoms with Crippen LogP contribution in [0.15, 0.2) is 24.3 Å². The molecule has 0 radical (unpaired) electrons. The third kappa shape index (κ3) is 3.86. The molecule has 1 aromatic rings. The van der Waals surface area contributed by atoms with Crippen molar-refractivity contribution in [2.45, 2.75) is 13.3 Å². The molecule has 1 rings (SSSR count). The van der Waals surface area contributed by atoms with E-state index in [-0.39, 0.29) is 17.5 Å². The van der Waals surface area contributed by atoms with E-state index in [9.17, 15) is 4.79 Å². The molecule has 5 heteroatoms. The lowest BCUT2D eigenvalue weighted by atomic mass is 10.1. The van der Waals surface area contributed by atoms with Crippen LogP contribution in [0, 0.1) is 0 Å². The number of para-hydroxylation sites is 1. The zero-order valence-corrected chi connectivity index (χ0v) is 9.84. The van der Waals surface area contributed by atoms with Gasteiger partial charge in [0.25, 0.3) is 0 Å². The van der Waals surface area contributed by atoms with E-state index in [0.717, 1.165) is 11.3 Å². The number of nitrogens with one attached hydrogen (secondary N) is 1. The number of ether oxygens (including phenoxy) is 1. The topological polar surface area (TPSA) is 64.3 Å². The summed E-state index contributed by atoms with van der Waals surface area (Å²) in [6.45, 7) is 2.15. The average molecular weight is 238 g/mol. The molecular formula is C11H14N2O2S. The monoisotopic (exact) mass is 238 g/mol. The molecule has 0 aliphatic heterocycles. The summed E-state index contributed by atoms with van der Waals surface area (Å²) in [6, 6.07) is 7.33. The SMILES string of the molecule is CCOC(=O)Cc1ccccc1NC(N)=S. The largest absolute Gasteiger partial charge is 0.466 e. The molecule has 0 saturated heterocycles. The van der Waals surface area contributed by atoms with Crippen LogP contribution in [0.25, 0.3) is 0 Å². The summed E-state index contributed by atoms with van der Waals surface area (Å²) in [5, 5.41) is 3.00. The molecule has 0 spiro atoms. The van der Waals surface area contributed by atoms with Gasteiger partial charge in [0.1, 0.15) is 0 Å². The predicted octanol–water partition coefficient (Wildman–Crippen LogP) is 1.45. The number of carbonyl (C=O) groups excluding carboxylic acids is 1. The average Bonchev–Trinajstić information content (AvgIpc) is 2.20. The van der Waals surface area contributed by atoms with Crippen LogP contribution in [-0.4, -0.2) is 17.7 Å². The van der Waals surface area contributed by atoms with Crippen LogP contribution >= 0.6 is 12.2 Å². The molecule has 3 N–H and O–H groups in total. The van der Waals surface area contributed by atoms with Crippen molar-refractivity contribution in [1.29, 1.82) is 0 Å². The molecule has 0 saturated carbocycles. The third-order valence-electron chi connectivity index (χ3n) is 1.92. The van der Waals surface area contributed by atoms with E-state index in [1.807, 2.05) is 24.3 Å². The van der Waals surface area contributed by atoms with Crippen molar-refractivity contribution in [2.75, 3.05) is 11.9 Å². The van der Waals surface area contributed by atoms with Gasteiger partial charge in [-0.2, -0.15) is 0 Å². The number of esters is 1. The third-order valence-corrected chi connectivity index (χ3v) is 2.02. The summed E-state index contributed by atoms with van der Waals surface area (Å²) in [5.74, 6) is -0.264. The quantitative estimate of drug-likeness (QED) is 0.614. The standard InChI is InChI=1S/C11H14N2O2S/c1-2-15-10(14)7-8-5-3-4-6-9(8)13-11(12)16/h3-6H,2,7H2,1H3,(H3,12,13,16). The molecular weight excluding hydrogens is 224 g/mol. The second-order valence-corrected chi connectivity index (χ2v) is 3.57. The van der Waals surface area contributed by atoms with Crippen LogP contribution in [0.4, 0.5) is 5.69 Å². The van der Waals surface area contributed by atoms with Gasteiger partial charge in [-0.1, -0.05) is 18.2 Å². The lowest BCUT2D eigenvalue weighted by Gasteiger charge is -2.09. The predicted molar refractivity (Wildman–Crippen MR) is 67.2 cm³/mol. The van der Waals surface area contributed by atoms with Gasteiger partial charge in [-0.3, -0.25) is 4.79 Å². The molecule has 0 aromatic heterocycles. The number of hydrogen-bond donors (Lipinski definition) is 2. The summed E-state index contributed by atoms with van der Waals surface area (Å²) in [6.07, 6.45) is 0.208. The Labute approximate surface area is 99.8 Å². The van der Waals surface area contributed by atoms with E-state index in [4.69, 9.17) is 22.7 Å². The molecule has 0 unspecified atom stereocenters. The minimum atomic E-state index is -0.264. The Bertz CT molecular complexity index is 393. The Balaban J connectivity index is 2.78. The van der Waals surface area contributed by atoms with Crippen LogP contribution in [0.1, 0.15) is 12.5 Å². The molecule has 0 fully saturated rings. The van der Waals surface area contributed by atoms with Gasteiger partial charge in [-0.15, -0.1) is 0 Å². The highest BCUT2D eigenvalue weighted by molar-refractivity contribution is 7.80. The molecule has 0 atom stereocenters. The Kier molecular flexibility index (Phi) is 4.72. The first-order chi connectivity index (χ1) is 7.63. The van der Waals surface area contributed by atoms with E-state index in [2.05, 4.69) is 5.32 Å². The summed E-state index contributed by atoms with van der Waals surface area (Å²) in [5.41, 5.74) is 6.94. The number of thiocarbonyl (C=S) groups is 1. The fourth-order valence-corrected chi connectivity index (χ4v) is 1.41. The number of anilines is 1. The van der Waals surface area contributed by atoms with Crippen molar-refractivity contribution >= 4 is 29.0 Å². The van der Waals surface area contributed by atoms with Crippen LogP contribution < -0.4 is 11.1 Å². The second-order valence-electron chi connectivity index (χ2n) is 3.13. The maximum absolute atomic E-state index is 11.3. The van der Waals surface area contributed by atoms with Crippen molar-refractivity contribution in [2.24, 2.45) is 5.73 Å². The first-order valence-corrected chi connectivity index (χ1v) is 5.34. The summed E-state index contributed by atoms with van der Waals surface area (Å²) < 4.78 is 4.87. The number of carbonyl (C=O) groups is 1. The van der Waals surface area contributed by atoms with Gasteiger partial charge >= 0.3 is 5.97 Å². The van der Waals surface area contributed by atoms with Gasteiger partial charge in [-0.25, -0.2) is 0 Å². The molecule has 0 bridgehead atoms. The Morgan fingerprint density at radius 2 is 2.19 bits per heavy atom. The minimum Gasteiger partial charge on any atom is -0.466 e. The Hall–Kier alpha value is -1.62. The van der Waals surface area contributed by atoms with Gasteiger partial charge in [0.2, 0.25) is 0 Å². The fourth-order valence-electron chi connectivity index (χ4n) is 1.30. The van der Waals surface area contributed by atoms with Gasteiger partial charge in [0.05, 0.1) is 13.0 Å². The maximum atomic E-state index is 11.3. The zero-order chi connectivity index (χ0) is 12.0. The van der Waals surface area contributed by atoms with Gasteiger partial charge in [0.15, 0.2) is 5.11 Å². The first-order valence-electron chi connectivity index (χ1n) is 4.93. The van der Waals surface area contributed by atoms with E-state index < -0.39 is 0 Å². The van der Waals surface area contributed by atoms with Crippen LogP contribution in [0.5, 0.6) is 0 Å². The fraction of sp³-hybridized carbons (Fsp3) is 0.273.